The Balaban J connectivity index is 3.19. The van der Waals surface area contributed by atoms with Crippen LogP contribution in [0.1, 0.15) is 6.92 Å². The molecule has 0 aliphatic carbocycles. The number of rotatable bonds is 2. The van der Waals surface area contributed by atoms with Crippen molar-refractivity contribution >= 4 is 29.2 Å². The van der Waals surface area contributed by atoms with E-state index in [-0.39, 0.29) is 27.9 Å². The van der Waals surface area contributed by atoms with Gasteiger partial charge in [0.05, 0.1) is 22.4 Å². The third-order valence-corrected chi connectivity index (χ3v) is 2.52. The highest BCUT2D eigenvalue weighted by Gasteiger charge is 2.27. The summed E-state index contributed by atoms with van der Waals surface area (Å²) in [4.78, 5) is 11.6. The van der Waals surface area contributed by atoms with E-state index >= 15 is 0 Å². The quantitative estimate of drug-likeness (QED) is 0.576. The second-order valence-electron chi connectivity index (χ2n) is 2.85. The van der Waals surface area contributed by atoms with Crippen molar-refractivity contribution in [1.29, 1.82) is 0 Å². The number of carbonyl (C=O) groups is 1. The van der Waals surface area contributed by atoms with Crippen molar-refractivity contribution in [2.45, 2.75) is 6.92 Å². The molecule has 0 aromatic rings. The van der Waals surface area contributed by atoms with Crippen LogP contribution >= 0.6 is 23.2 Å². The van der Waals surface area contributed by atoms with Gasteiger partial charge in [0.2, 0.25) is 0 Å². The van der Waals surface area contributed by atoms with Gasteiger partial charge >= 0.3 is 5.97 Å². The Labute approximate surface area is 103 Å². The van der Waals surface area contributed by atoms with Crippen LogP contribution in [-0.4, -0.2) is 17.6 Å². The number of hydrogen-bond acceptors (Lipinski definition) is 5. The Kier molecular flexibility index (Phi) is 4.23. The van der Waals surface area contributed by atoms with Crippen LogP contribution < -0.4 is 11.6 Å². The molecule has 0 aromatic carbocycles. The molecular formula is C9H11Cl2N3O2. The van der Waals surface area contributed by atoms with Gasteiger partial charge in [-0.05, 0) is 6.92 Å². The summed E-state index contributed by atoms with van der Waals surface area (Å²) in [5.74, 6) is 4.95. The number of ether oxygens (including phenoxy) is 1. The molecule has 0 radical (unpaired) electrons. The van der Waals surface area contributed by atoms with Gasteiger partial charge in [-0.25, -0.2) is 10.6 Å². The van der Waals surface area contributed by atoms with Gasteiger partial charge in [0, 0.05) is 12.4 Å². The summed E-state index contributed by atoms with van der Waals surface area (Å²) in [7, 11) is 0. The van der Waals surface area contributed by atoms with E-state index in [4.69, 9.17) is 39.5 Å². The first kappa shape index (κ1) is 12.9. The predicted octanol–water partition coefficient (Wildman–Crippen LogP) is 1.11. The highest BCUT2D eigenvalue weighted by Crippen LogP contribution is 2.33. The maximum atomic E-state index is 11.6. The molecule has 0 saturated heterocycles. The van der Waals surface area contributed by atoms with Crippen molar-refractivity contribution in [3.63, 3.8) is 0 Å². The fourth-order valence-electron chi connectivity index (χ4n) is 1.15. The fraction of sp³-hybridized carbons (Fsp3) is 0.222. The molecule has 0 spiro atoms. The van der Waals surface area contributed by atoms with Crippen LogP contribution in [0.15, 0.2) is 33.7 Å². The second-order valence-corrected chi connectivity index (χ2v) is 3.63. The molecule has 0 unspecified atom stereocenters. The molecule has 0 bridgehead atoms. The molecule has 0 aromatic heterocycles. The van der Waals surface area contributed by atoms with Crippen LogP contribution in [0.2, 0.25) is 0 Å². The summed E-state index contributed by atoms with van der Waals surface area (Å²) in [6.45, 7) is 1.91. The molecule has 1 rings (SSSR count). The number of nitrogens with two attached hydrogens (primary N) is 2. The third-order valence-electron chi connectivity index (χ3n) is 1.85. The van der Waals surface area contributed by atoms with E-state index < -0.39 is 5.97 Å². The molecule has 88 valence electrons. The Bertz CT molecular complexity index is 402. The van der Waals surface area contributed by atoms with Gasteiger partial charge in [-0.3, -0.25) is 5.01 Å². The van der Waals surface area contributed by atoms with E-state index in [0.29, 0.717) is 0 Å². The van der Waals surface area contributed by atoms with Crippen molar-refractivity contribution in [2.75, 3.05) is 6.61 Å². The maximum Gasteiger partial charge on any atom is 0.341 e. The molecule has 1 heterocycles. The zero-order valence-corrected chi connectivity index (χ0v) is 10.0. The van der Waals surface area contributed by atoms with Gasteiger partial charge < -0.3 is 10.5 Å². The number of esters is 1. The minimum absolute atomic E-state index is 0.0589. The van der Waals surface area contributed by atoms with Crippen molar-refractivity contribution in [1.82, 2.24) is 5.01 Å². The average molecular weight is 264 g/mol. The van der Waals surface area contributed by atoms with Crippen molar-refractivity contribution in [3.8, 4) is 0 Å². The zero-order chi connectivity index (χ0) is 12.3. The lowest BCUT2D eigenvalue weighted by Crippen LogP contribution is -2.30. The summed E-state index contributed by atoms with van der Waals surface area (Å²) in [6, 6.07) is 0. The van der Waals surface area contributed by atoms with Crippen molar-refractivity contribution in [3.05, 3.63) is 33.7 Å². The molecule has 0 amide bonds. The number of hydrogen-bond donors (Lipinski definition) is 2. The second kappa shape index (κ2) is 5.25. The van der Waals surface area contributed by atoms with Gasteiger partial charge in [0.15, 0.2) is 0 Å². The van der Waals surface area contributed by atoms with Crippen LogP contribution in [0, 0.1) is 0 Å². The highest BCUT2D eigenvalue weighted by atomic mass is 35.5. The minimum Gasteiger partial charge on any atom is -0.462 e. The fourth-order valence-corrected chi connectivity index (χ4v) is 1.82. The smallest absolute Gasteiger partial charge is 0.341 e. The van der Waals surface area contributed by atoms with Crippen LogP contribution in [0.5, 0.6) is 0 Å². The molecule has 0 saturated carbocycles. The van der Waals surface area contributed by atoms with E-state index in [1.807, 2.05) is 0 Å². The SMILES string of the molecule is CCOC(=O)C1=C(Cl)/C(=C/N)N(N)C=C1Cl. The molecule has 0 atom stereocenters. The summed E-state index contributed by atoms with van der Waals surface area (Å²) >= 11 is 11.8. The first-order valence-electron chi connectivity index (χ1n) is 4.43. The van der Waals surface area contributed by atoms with Crippen LogP contribution in [0.4, 0.5) is 0 Å². The summed E-state index contributed by atoms with van der Waals surface area (Å²) < 4.78 is 4.82. The zero-order valence-electron chi connectivity index (χ0n) is 8.54. The minimum atomic E-state index is -0.610. The Morgan fingerprint density at radius 3 is 2.75 bits per heavy atom. The van der Waals surface area contributed by atoms with Gasteiger partial charge in [-0.15, -0.1) is 0 Å². The maximum absolute atomic E-state index is 11.6. The predicted molar refractivity (Wildman–Crippen MR) is 61.7 cm³/mol. The van der Waals surface area contributed by atoms with Gasteiger partial charge in [-0.2, -0.15) is 0 Å². The first-order chi connectivity index (χ1) is 7.52. The van der Waals surface area contributed by atoms with Crippen molar-refractivity contribution in [2.24, 2.45) is 11.6 Å². The van der Waals surface area contributed by atoms with E-state index in [2.05, 4.69) is 0 Å². The average Bonchev–Trinajstić information content (AvgIpc) is 2.17. The topological polar surface area (TPSA) is 81.6 Å². The van der Waals surface area contributed by atoms with Crippen molar-refractivity contribution < 1.29 is 9.53 Å². The summed E-state index contributed by atoms with van der Waals surface area (Å²) in [5.41, 5.74) is 5.68. The first-order valence-corrected chi connectivity index (χ1v) is 5.19. The highest BCUT2D eigenvalue weighted by molar-refractivity contribution is 6.40. The van der Waals surface area contributed by atoms with E-state index in [9.17, 15) is 4.79 Å². The molecule has 5 nitrogen and oxygen atoms in total. The number of hydrazine groups is 1. The third kappa shape index (κ3) is 2.32. The summed E-state index contributed by atoms with van der Waals surface area (Å²) in [5, 5.41) is 1.31. The lowest BCUT2D eigenvalue weighted by Gasteiger charge is -2.23. The van der Waals surface area contributed by atoms with E-state index in [0.717, 1.165) is 5.01 Å². The van der Waals surface area contributed by atoms with E-state index in [1.165, 1.54) is 12.4 Å². The standard InChI is InChI=1S/C9H11Cl2N3O2/c1-2-16-9(15)7-5(10)4-14(13)6(3-12)8(7)11/h3-4H,2,12-13H2,1H3/b6-3-. The van der Waals surface area contributed by atoms with Crippen LogP contribution in [0.25, 0.3) is 0 Å². The van der Waals surface area contributed by atoms with Gasteiger partial charge in [-0.1, -0.05) is 23.2 Å². The van der Waals surface area contributed by atoms with E-state index in [1.54, 1.807) is 6.92 Å². The molecule has 7 heteroatoms. The molecule has 1 aliphatic heterocycles. The lowest BCUT2D eigenvalue weighted by molar-refractivity contribution is -0.138. The monoisotopic (exact) mass is 263 g/mol. The normalized spacial score (nSPS) is 18.9. The lowest BCUT2D eigenvalue weighted by atomic mass is 10.1. The van der Waals surface area contributed by atoms with Gasteiger partial charge in [0.1, 0.15) is 5.57 Å². The number of nitrogens with zero attached hydrogens (tertiary/aromatic N) is 1. The summed E-state index contributed by atoms with van der Waals surface area (Å²) in [6.07, 6.45) is 2.51. The van der Waals surface area contributed by atoms with Crippen LogP contribution in [0.3, 0.4) is 0 Å². The molecule has 1 aliphatic rings. The Morgan fingerprint density at radius 1 is 1.62 bits per heavy atom. The Hall–Kier alpha value is -1.17. The number of carbonyl (C=O) groups excluding carboxylic acids is 1. The largest absolute Gasteiger partial charge is 0.462 e. The number of allylic oxidation sites excluding steroid dienone is 1. The van der Waals surface area contributed by atoms with Gasteiger partial charge in [0.25, 0.3) is 0 Å². The van der Waals surface area contributed by atoms with Crippen LogP contribution in [-0.2, 0) is 9.53 Å². The number of halogens is 2. The molecule has 16 heavy (non-hydrogen) atoms. The molecule has 0 fully saturated rings. The molecule has 4 N–H and O–H groups in total. The molecular weight excluding hydrogens is 253 g/mol. The Morgan fingerprint density at radius 2 is 2.25 bits per heavy atom.